The van der Waals surface area contributed by atoms with E-state index in [2.05, 4.69) is 21.2 Å². The van der Waals surface area contributed by atoms with Gasteiger partial charge in [-0.25, -0.2) is 0 Å². The summed E-state index contributed by atoms with van der Waals surface area (Å²) < 4.78 is 11.8. The molecule has 0 saturated heterocycles. The van der Waals surface area contributed by atoms with Gasteiger partial charge in [0.15, 0.2) is 11.5 Å². The van der Waals surface area contributed by atoms with Crippen LogP contribution >= 0.6 is 39.1 Å². The van der Waals surface area contributed by atoms with Crippen LogP contribution in [0.1, 0.15) is 11.1 Å². The van der Waals surface area contributed by atoms with Crippen molar-refractivity contribution in [2.45, 2.75) is 6.61 Å². The normalized spacial score (nSPS) is 10.9. The fourth-order valence-corrected chi connectivity index (χ4v) is 3.92. The molecule has 0 heterocycles. The number of nitrogens with one attached hydrogen (secondary N) is 1. The standard InChI is InChI=1S/C24H16BrCl2N3O5/c1-34-22-10-14(9-18(25)23(22)35-13-15-4-2-3-5-19(15)26)8-16(12-28)24(31)29-17-6-7-20(27)21(11-17)30(32)33/h2-11H,13H2,1H3,(H,29,31)/b16-8+. The lowest BCUT2D eigenvalue weighted by Crippen LogP contribution is -2.13. The summed E-state index contributed by atoms with van der Waals surface area (Å²) in [7, 11) is 1.46. The fraction of sp³-hybridized carbons (Fsp3) is 0.0833. The number of ether oxygens (including phenoxy) is 2. The molecule has 1 amide bonds. The summed E-state index contributed by atoms with van der Waals surface area (Å²) in [6.45, 7) is 0.197. The lowest BCUT2D eigenvalue weighted by atomic mass is 10.1. The van der Waals surface area contributed by atoms with Gasteiger partial charge in [0, 0.05) is 22.3 Å². The van der Waals surface area contributed by atoms with Crippen molar-refractivity contribution in [1.29, 1.82) is 5.26 Å². The molecule has 3 aromatic rings. The number of nitrogens with zero attached hydrogens (tertiary/aromatic N) is 2. The van der Waals surface area contributed by atoms with E-state index in [4.69, 9.17) is 32.7 Å². The van der Waals surface area contributed by atoms with Crippen LogP contribution in [0.5, 0.6) is 11.5 Å². The SMILES string of the molecule is COc1cc(/C=C(\C#N)C(=O)Nc2ccc(Cl)c([N+](=O)[O-])c2)cc(Br)c1OCc1ccccc1Cl. The predicted molar refractivity (Wildman–Crippen MR) is 137 cm³/mol. The van der Waals surface area contributed by atoms with Gasteiger partial charge in [-0.1, -0.05) is 41.4 Å². The molecule has 0 aliphatic rings. The molecule has 0 bridgehead atoms. The van der Waals surface area contributed by atoms with Crippen molar-refractivity contribution in [3.05, 3.63) is 95.9 Å². The van der Waals surface area contributed by atoms with Crippen LogP contribution in [0.4, 0.5) is 11.4 Å². The first-order valence-electron chi connectivity index (χ1n) is 9.84. The fourth-order valence-electron chi connectivity index (χ4n) is 2.97. The number of nitriles is 1. The molecule has 178 valence electrons. The first-order chi connectivity index (χ1) is 16.7. The maximum Gasteiger partial charge on any atom is 0.289 e. The van der Waals surface area contributed by atoms with E-state index in [1.807, 2.05) is 24.3 Å². The Morgan fingerprint density at radius 2 is 1.94 bits per heavy atom. The summed E-state index contributed by atoms with van der Waals surface area (Å²) in [6.07, 6.45) is 1.35. The smallest absolute Gasteiger partial charge is 0.289 e. The van der Waals surface area contributed by atoms with Crippen molar-refractivity contribution >= 4 is 62.5 Å². The number of nitro benzene ring substituents is 1. The quantitative estimate of drug-likeness (QED) is 0.136. The van der Waals surface area contributed by atoms with Gasteiger partial charge in [-0.2, -0.15) is 5.26 Å². The summed E-state index contributed by atoms with van der Waals surface area (Å²) in [6, 6.07) is 16.2. The third-order valence-electron chi connectivity index (χ3n) is 4.66. The van der Waals surface area contributed by atoms with Crippen molar-refractivity contribution in [2.75, 3.05) is 12.4 Å². The number of nitro groups is 1. The van der Waals surface area contributed by atoms with Crippen molar-refractivity contribution in [2.24, 2.45) is 0 Å². The van der Waals surface area contributed by atoms with Crippen LogP contribution in [0.15, 0.2) is 64.6 Å². The molecule has 0 aromatic heterocycles. The number of halogens is 3. The number of anilines is 1. The number of benzene rings is 3. The Labute approximate surface area is 219 Å². The van der Waals surface area contributed by atoms with Gasteiger partial charge in [0.05, 0.1) is 16.5 Å². The zero-order chi connectivity index (χ0) is 25.5. The number of hydrogen-bond donors (Lipinski definition) is 1. The minimum atomic E-state index is -0.752. The highest BCUT2D eigenvalue weighted by molar-refractivity contribution is 9.10. The van der Waals surface area contributed by atoms with E-state index < -0.39 is 10.8 Å². The molecule has 3 rings (SSSR count). The van der Waals surface area contributed by atoms with Crippen molar-refractivity contribution < 1.29 is 19.2 Å². The van der Waals surface area contributed by atoms with E-state index in [1.165, 1.54) is 25.3 Å². The molecule has 0 unspecified atom stereocenters. The van der Waals surface area contributed by atoms with Crippen LogP contribution in [0.2, 0.25) is 10.0 Å². The summed E-state index contributed by atoms with van der Waals surface area (Å²) in [4.78, 5) is 23.0. The zero-order valence-corrected chi connectivity index (χ0v) is 21.1. The number of carbonyl (C=O) groups excluding carboxylic acids is 1. The van der Waals surface area contributed by atoms with E-state index in [0.717, 1.165) is 11.6 Å². The molecule has 8 nitrogen and oxygen atoms in total. The molecule has 0 saturated carbocycles. The second-order valence-electron chi connectivity index (χ2n) is 6.96. The van der Waals surface area contributed by atoms with Gasteiger partial charge in [0.1, 0.15) is 23.3 Å². The van der Waals surface area contributed by atoms with Gasteiger partial charge in [-0.05, 0) is 57.9 Å². The third kappa shape index (κ3) is 6.51. The first-order valence-corrected chi connectivity index (χ1v) is 11.4. The summed E-state index contributed by atoms with van der Waals surface area (Å²) in [5.74, 6) is 0.0305. The van der Waals surface area contributed by atoms with Crippen molar-refractivity contribution in [3.8, 4) is 17.6 Å². The predicted octanol–water partition coefficient (Wildman–Crippen LogP) is 6.80. The molecule has 0 radical (unpaired) electrons. The van der Waals surface area contributed by atoms with Gasteiger partial charge in [-0.15, -0.1) is 0 Å². The average molecular weight is 577 g/mol. The van der Waals surface area contributed by atoms with Crippen LogP contribution in [0.3, 0.4) is 0 Å². The number of methoxy groups -OCH3 is 1. The summed E-state index contributed by atoms with van der Waals surface area (Å²) in [5.41, 5.74) is 0.786. The second kappa shape index (κ2) is 11.7. The first kappa shape index (κ1) is 26.0. The maximum absolute atomic E-state index is 12.6. The second-order valence-corrected chi connectivity index (χ2v) is 8.63. The van der Waals surface area contributed by atoms with Gasteiger partial charge < -0.3 is 14.8 Å². The minimum Gasteiger partial charge on any atom is -0.493 e. The lowest BCUT2D eigenvalue weighted by Gasteiger charge is -2.14. The Kier molecular flexibility index (Phi) is 8.71. The highest BCUT2D eigenvalue weighted by Crippen LogP contribution is 2.38. The lowest BCUT2D eigenvalue weighted by molar-refractivity contribution is -0.384. The van der Waals surface area contributed by atoms with Crippen molar-refractivity contribution in [1.82, 2.24) is 0 Å². The van der Waals surface area contributed by atoms with Crippen LogP contribution in [-0.4, -0.2) is 17.9 Å². The Morgan fingerprint density at radius 3 is 2.60 bits per heavy atom. The minimum absolute atomic E-state index is 0.0714. The zero-order valence-electron chi connectivity index (χ0n) is 18.1. The molecule has 0 aliphatic carbocycles. The highest BCUT2D eigenvalue weighted by Gasteiger charge is 2.17. The van der Waals surface area contributed by atoms with Crippen LogP contribution in [0.25, 0.3) is 6.08 Å². The third-order valence-corrected chi connectivity index (χ3v) is 5.94. The molecule has 0 fully saturated rings. The Bertz CT molecular complexity index is 1370. The molecule has 3 aromatic carbocycles. The van der Waals surface area contributed by atoms with E-state index in [-0.39, 0.29) is 28.6 Å². The molecule has 35 heavy (non-hydrogen) atoms. The Balaban J connectivity index is 1.84. The molecule has 1 N–H and O–H groups in total. The highest BCUT2D eigenvalue weighted by atomic mass is 79.9. The van der Waals surface area contributed by atoms with Gasteiger partial charge in [0.25, 0.3) is 11.6 Å². The van der Waals surface area contributed by atoms with E-state index in [0.29, 0.717) is 26.6 Å². The number of rotatable bonds is 8. The number of amides is 1. The molecule has 11 heteroatoms. The number of hydrogen-bond acceptors (Lipinski definition) is 6. The molecule has 0 aliphatic heterocycles. The summed E-state index contributed by atoms with van der Waals surface area (Å²) in [5, 5.41) is 23.5. The molecule has 0 atom stereocenters. The Morgan fingerprint density at radius 1 is 1.20 bits per heavy atom. The van der Waals surface area contributed by atoms with Gasteiger partial charge in [-0.3, -0.25) is 14.9 Å². The van der Waals surface area contributed by atoms with E-state index in [9.17, 15) is 20.2 Å². The van der Waals surface area contributed by atoms with Crippen LogP contribution < -0.4 is 14.8 Å². The largest absolute Gasteiger partial charge is 0.493 e. The van der Waals surface area contributed by atoms with Crippen molar-refractivity contribution in [3.63, 3.8) is 0 Å². The van der Waals surface area contributed by atoms with E-state index >= 15 is 0 Å². The van der Waals surface area contributed by atoms with Crippen LogP contribution in [0, 0.1) is 21.4 Å². The topological polar surface area (TPSA) is 114 Å². The van der Waals surface area contributed by atoms with Crippen LogP contribution in [-0.2, 0) is 11.4 Å². The van der Waals surface area contributed by atoms with E-state index in [1.54, 1.807) is 18.2 Å². The van der Waals surface area contributed by atoms with Gasteiger partial charge >= 0.3 is 0 Å². The van der Waals surface area contributed by atoms with Gasteiger partial charge in [0.2, 0.25) is 0 Å². The monoisotopic (exact) mass is 575 g/mol. The molecular weight excluding hydrogens is 561 g/mol. The summed E-state index contributed by atoms with van der Waals surface area (Å²) >= 11 is 15.4. The number of carbonyl (C=O) groups is 1. The average Bonchev–Trinajstić information content (AvgIpc) is 2.83. The Hall–Kier alpha value is -3.58. The molecule has 0 spiro atoms. The maximum atomic E-state index is 12.6. The molecular formula is C24H16BrCl2N3O5.